The quantitative estimate of drug-likeness (QED) is 0.611. The number of carbonyl (C=O) groups excluding carboxylic acids is 1. The maximum Gasteiger partial charge on any atom is 0.346 e. The van der Waals surface area contributed by atoms with Crippen LogP contribution in [0.1, 0.15) is 23.2 Å². The lowest BCUT2D eigenvalue weighted by atomic mass is 10.1. The third-order valence-corrected chi connectivity index (χ3v) is 3.01. The molecule has 8 nitrogen and oxygen atoms in total. The molecule has 0 atom stereocenters. The van der Waals surface area contributed by atoms with E-state index in [4.69, 9.17) is 0 Å². The van der Waals surface area contributed by atoms with Crippen molar-refractivity contribution in [2.45, 2.75) is 12.8 Å². The number of carbonyl (C=O) groups is 1. The van der Waals surface area contributed by atoms with E-state index in [2.05, 4.69) is 0 Å². The zero-order valence-corrected chi connectivity index (χ0v) is 9.94. The fraction of sp³-hybridized carbons (Fsp3) is 0.364. The first kappa shape index (κ1) is 12.9. The van der Waals surface area contributed by atoms with Crippen LogP contribution in [-0.2, 0) is 0 Å². The Morgan fingerprint density at radius 1 is 1.05 bits per heavy atom. The SMILES string of the molecule is O=C(c1ccc([N+](=O)[O-])c([N+](=O)[O-])c1)N1CCCC1. The molecule has 1 saturated heterocycles. The van der Waals surface area contributed by atoms with Crippen molar-refractivity contribution in [3.63, 3.8) is 0 Å². The topological polar surface area (TPSA) is 107 Å². The lowest BCUT2D eigenvalue weighted by molar-refractivity contribution is -0.422. The number of benzene rings is 1. The summed E-state index contributed by atoms with van der Waals surface area (Å²) in [5.74, 6) is -0.324. The van der Waals surface area contributed by atoms with E-state index in [1.165, 1.54) is 6.07 Å². The standard InChI is InChI=1S/C11H11N3O5/c15-11(12-5-1-2-6-12)8-3-4-9(13(16)17)10(7-8)14(18)19/h3-4,7H,1-2,5-6H2. The predicted molar refractivity (Wildman–Crippen MR) is 64.9 cm³/mol. The molecule has 0 unspecified atom stereocenters. The highest BCUT2D eigenvalue weighted by Crippen LogP contribution is 2.28. The Morgan fingerprint density at radius 3 is 2.16 bits per heavy atom. The van der Waals surface area contributed by atoms with Gasteiger partial charge in [-0.3, -0.25) is 25.0 Å². The number of nitrogens with zero attached hydrogens (tertiary/aromatic N) is 3. The lowest BCUT2D eigenvalue weighted by Gasteiger charge is -2.14. The van der Waals surface area contributed by atoms with Gasteiger partial charge in [-0.15, -0.1) is 0 Å². The molecule has 1 aromatic rings. The molecule has 19 heavy (non-hydrogen) atoms. The van der Waals surface area contributed by atoms with Gasteiger partial charge in [-0.05, 0) is 18.9 Å². The minimum atomic E-state index is -0.848. The van der Waals surface area contributed by atoms with Gasteiger partial charge in [0.2, 0.25) is 0 Å². The van der Waals surface area contributed by atoms with Crippen LogP contribution in [0, 0.1) is 20.2 Å². The van der Waals surface area contributed by atoms with Crippen LogP contribution in [0.2, 0.25) is 0 Å². The molecular formula is C11H11N3O5. The van der Waals surface area contributed by atoms with Crippen LogP contribution in [0.4, 0.5) is 11.4 Å². The van der Waals surface area contributed by atoms with Gasteiger partial charge in [0.25, 0.3) is 5.91 Å². The predicted octanol–water partition coefficient (Wildman–Crippen LogP) is 1.74. The Labute approximate surface area is 107 Å². The van der Waals surface area contributed by atoms with E-state index >= 15 is 0 Å². The van der Waals surface area contributed by atoms with Gasteiger partial charge >= 0.3 is 11.4 Å². The number of likely N-dealkylation sites (tertiary alicyclic amines) is 1. The summed E-state index contributed by atoms with van der Waals surface area (Å²) in [6.45, 7) is 1.23. The number of hydrogen-bond acceptors (Lipinski definition) is 5. The summed E-state index contributed by atoms with van der Waals surface area (Å²) in [7, 11) is 0. The van der Waals surface area contributed by atoms with E-state index in [-0.39, 0.29) is 11.5 Å². The number of rotatable bonds is 3. The molecule has 1 heterocycles. The fourth-order valence-corrected chi connectivity index (χ4v) is 2.06. The van der Waals surface area contributed by atoms with Crippen molar-refractivity contribution in [1.29, 1.82) is 0 Å². The molecule has 1 amide bonds. The molecule has 0 saturated carbocycles. The van der Waals surface area contributed by atoms with Crippen LogP contribution in [0.25, 0.3) is 0 Å². The molecule has 1 fully saturated rings. The molecular weight excluding hydrogens is 254 g/mol. The van der Waals surface area contributed by atoms with Crippen LogP contribution in [0.3, 0.4) is 0 Å². The highest BCUT2D eigenvalue weighted by molar-refractivity contribution is 5.95. The van der Waals surface area contributed by atoms with Crippen molar-refractivity contribution < 1.29 is 14.6 Å². The van der Waals surface area contributed by atoms with Gasteiger partial charge in [0.1, 0.15) is 0 Å². The Bertz CT molecular complexity index is 551. The monoisotopic (exact) mass is 265 g/mol. The average molecular weight is 265 g/mol. The molecule has 1 aliphatic heterocycles. The number of nitro groups is 2. The number of nitro benzene ring substituents is 2. The van der Waals surface area contributed by atoms with Crippen molar-refractivity contribution in [3.05, 3.63) is 44.0 Å². The molecule has 0 radical (unpaired) electrons. The number of amides is 1. The fourth-order valence-electron chi connectivity index (χ4n) is 2.06. The largest absolute Gasteiger partial charge is 0.346 e. The van der Waals surface area contributed by atoms with Crippen LogP contribution in [0.15, 0.2) is 18.2 Å². The van der Waals surface area contributed by atoms with Gasteiger partial charge in [-0.1, -0.05) is 0 Å². The average Bonchev–Trinajstić information content (AvgIpc) is 2.90. The second-order valence-electron chi connectivity index (χ2n) is 4.22. The van der Waals surface area contributed by atoms with Gasteiger partial charge in [-0.25, -0.2) is 0 Å². The summed E-state index contributed by atoms with van der Waals surface area (Å²) in [6.07, 6.45) is 1.81. The molecule has 0 aromatic heterocycles. The van der Waals surface area contributed by atoms with E-state index in [1.807, 2.05) is 0 Å². The normalized spacial score (nSPS) is 14.4. The molecule has 0 spiro atoms. The van der Waals surface area contributed by atoms with Gasteiger partial charge in [0, 0.05) is 30.8 Å². The molecule has 1 aromatic carbocycles. The Morgan fingerprint density at radius 2 is 1.63 bits per heavy atom. The highest BCUT2D eigenvalue weighted by Gasteiger charge is 2.27. The summed E-state index contributed by atoms with van der Waals surface area (Å²) < 4.78 is 0. The summed E-state index contributed by atoms with van der Waals surface area (Å²) in [5.41, 5.74) is -1.16. The lowest BCUT2D eigenvalue weighted by Crippen LogP contribution is -2.27. The smallest absolute Gasteiger partial charge is 0.339 e. The third-order valence-electron chi connectivity index (χ3n) is 3.01. The Balaban J connectivity index is 2.37. The molecule has 8 heteroatoms. The Hall–Kier alpha value is -2.51. The van der Waals surface area contributed by atoms with Gasteiger partial charge in [0.15, 0.2) is 0 Å². The van der Waals surface area contributed by atoms with Crippen molar-refractivity contribution >= 4 is 17.3 Å². The highest BCUT2D eigenvalue weighted by atomic mass is 16.6. The molecule has 1 aliphatic rings. The van der Waals surface area contributed by atoms with Crippen LogP contribution in [0.5, 0.6) is 0 Å². The van der Waals surface area contributed by atoms with E-state index in [1.54, 1.807) is 4.90 Å². The first-order valence-corrected chi connectivity index (χ1v) is 5.73. The van der Waals surface area contributed by atoms with E-state index in [0.717, 1.165) is 25.0 Å². The zero-order chi connectivity index (χ0) is 14.0. The van der Waals surface area contributed by atoms with Gasteiger partial charge < -0.3 is 4.90 Å². The number of hydrogen-bond donors (Lipinski definition) is 0. The molecule has 0 aliphatic carbocycles. The Kier molecular flexibility index (Phi) is 3.41. The minimum Gasteiger partial charge on any atom is -0.339 e. The zero-order valence-electron chi connectivity index (χ0n) is 9.94. The van der Waals surface area contributed by atoms with E-state index < -0.39 is 21.2 Å². The molecule has 100 valence electrons. The molecule has 0 bridgehead atoms. The van der Waals surface area contributed by atoms with E-state index in [0.29, 0.717) is 13.1 Å². The molecule has 2 rings (SSSR count). The summed E-state index contributed by atoms with van der Waals surface area (Å²) in [5, 5.41) is 21.5. The van der Waals surface area contributed by atoms with Crippen LogP contribution in [-0.4, -0.2) is 33.7 Å². The van der Waals surface area contributed by atoms with Crippen molar-refractivity contribution in [3.8, 4) is 0 Å². The second kappa shape index (κ2) is 5.01. The van der Waals surface area contributed by atoms with Crippen molar-refractivity contribution in [2.24, 2.45) is 0 Å². The minimum absolute atomic E-state index is 0.110. The van der Waals surface area contributed by atoms with E-state index in [9.17, 15) is 25.0 Å². The molecule has 0 N–H and O–H groups in total. The van der Waals surface area contributed by atoms with Gasteiger partial charge in [0.05, 0.1) is 9.85 Å². The summed E-state index contributed by atoms with van der Waals surface area (Å²) in [6, 6.07) is 3.23. The van der Waals surface area contributed by atoms with Crippen molar-refractivity contribution in [1.82, 2.24) is 4.90 Å². The van der Waals surface area contributed by atoms with Crippen LogP contribution < -0.4 is 0 Å². The first-order valence-electron chi connectivity index (χ1n) is 5.73. The summed E-state index contributed by atoms with van der Waals surface area (Å²) in [4.78, 5) is 33.4. The van der Waals surface area contributed by atoms with Gasteiger partial charge in [-0.2, -0.15) is 0 Å². The summed E-state index contributed by atoms with van der Waals surface area (Å²) >= 11 is 0. The first-order chi connectivity index (χ1) is 9.00. The van der Waals surface area contributed by atoms with Crippen LogP contribution >= 0.6 is 0 Å². The maximum absolute atomic E-state index is 12.0. The van der Waals surface area contributed by atoms with Crippen molar-refractivity contribution in [2.75, 3.05) is 13.1 Å². The second-order valence-corrected chi connectivity index (χ2v) is 4.22. The third kappa shape index (κ3) is 2.51. The maximum atomic E-state index is 12.0.